The molecule has 7 nitrogen and oxygen atoms in total. The lowest BCUT2D eigenvalue weighted by Gasteiger charge is -2.16. The van der Waals surface area contributed by atoms with Crippen molar-refractivity contribution in [2.45, 2.75) is 26.8 Å². The van der Waals surface area contributed by atoms with Gasteiger partial charge in [0.25, 0.3) is 0 Å². The first kappa shape index (κ1) is 15.0. The lowest BCUT2D eigenvalue weighted by atomic mass is 10.2. The predicted octanol–water partition coefficient (Wildman–Crippen LogP) is 0.585. The smallest absolute Gasteiger partial charge is 0.360 e. The summed E-state index contributed by atoms with van der Waals surface area (Å²) in [5.74, 6) is -0.304. The molecule has 0 aliphatic heterocycles. The molecule has 0 fully saturated rings. The second-order valence-corrected chi connectivity index (χ2v) is 4.69. The van der Waals surface area contributed by atoms with E-state index in [4.69, 9.17) is 5.73 Å². The highest BCUT2D eigenvalue weighted by molar-refractivity contribution is 5.92. The fourth-order valence-corrected chi connectivity index (χ4v) is 1.51. The van der Waals surface area contributed by atoms with Crippen molar-refractivity contribution >= 4 is 17.7 Å². The van der Waals surface area contributed by atoms with Crippen LogP contribution in [0.15, 0.2) is 6.33 Å². The first-order chi connectivity index (χ1) is 8.88. The van der Waals surface area contributed by atoms with Gasteiger partial charge in [-0.15, -0.1) is 0 Å². The maximum absolute atomic E-state index is 11.9. The molecule has 0 aliphatic rings. The van der Waals surface area contributed by atoms with Gasteiger partial charge in [0, 0.05) is 6.54 Å². The molecule has 1 aromatic rings. The monoisotopic (exact) mass is 268 g/mol. The van der Waals surface area contributed by atoms with Crippen LogP contribution < -0.4 is 11.1 Å². The molecule has 0 aliphatic carbocycles. The Bertz CT molecular complexity index is 468. The summed E-state index contributed by atoms with van der Waals surface area (Å²) in [6.45, 7) is 6.29. The van der Waals surface area contributed by atoms with Crippen LogP contribution in [-0.4, -0.2) is 35.1 Å². The van der Waals surface area contributed by atoms with Gasteiger partial charge >= 0.3 is 5.97 Å². The quantitative estimate of drug-likeness (QED) is 0.761. The number of nitrogens with one attached hydrogen (secondary N) is 1. The molecule has 0 saturated carbocycles. The van der Waals surface area contributed by atoms with Gasteiger partial charge in [-0.1, -0.05) is 13.8 Å². The second-order valence-electron chi connectivity index (χ2n) is 4.69. The Hall–Kier alpha value is -2.05. The van der Waals surface area contributed by atoms with Crippen molar-refractivity contribution in [2.24, 2.45) is 5.92 Å². The standard InChI is InChI=1S/C12H20N4O3/c1-7(2)5-14-11(17)8(3)16-6-15-9(10(16)13)12(18)19-4/h6-8H,5,13H2,1-4H3,(H,14,17). The third kappa shape index (κ3) is 3.46. The van der Waals surface area contributed by atoms with E-state index in [1.807, 2.05) is 13.8 Å². The summed E-state index contributed by atoms with van der Waals surface area (Å²) in [6, 6.07) is -0.537. The summed E-state index contributed by atoms with van der Waals surface area (Å²) < 4.78 is 6.00. The minimum absolute atomic E-state index is 0.0195. The molecule has 1 unspecified atom stereocenters. The first-order valence-corrected chi connectivity index (χ1v) is 6.06. The Labute approximate surface area is 112 Å². The molecular weight excluding hydrogens is 248 g/mol. The number of carbonyl (C=O) groups is 2. The maximum atomic E-state index is 11.9. The van der Waals surface area contributed by atoms with Crippen molar-refractivity contribution in [2.75, 3.05) is 19.4 Å². The van der Waals surface area contributed by atoms with E-state index in [9.17, 15) is 9.59 Å². The normalized spacial score (nSPS) is 12.3. The molecule has 3 N–H and O–H groups in total. The zero-order valence-corrected chi connectivity index (χ0v) is 11.6. The average Bonchev–Trinajstić information content (AvgIpc) is 2.75. The predicted molar refractivity (Wildman–Crippen MR) is 70.5 cm³/mol. The van der Waals surface area contributed by atoms with Gasteiger partial charge in [-0.2, -0.15) is 0 Å². The fourth-order valence-electron chi connectivity index (χ4n) is 1.51. The van der Waals surface area contributed by atoms with E-state index >= 15 is 0 Å². The number of nitrogens with zero attached hydrogens (tertiary/aromatic N) is 2. The summed E-state index contributed by atoms with van der Waals surface area (Å²) in [5, 5.41) is 2.80. The van der Waals surface area contributed by atoms with Gasteiger partial charge in [0.1, 0.15) is 11.9 Å². The molecule has 1 atom stereocenters. The number of hydrogen-bond acceptors (Lipinski definition) is 5. The Balaban J connectivity index is 2.83. The van der Waals surface area contributed by atoms with Crippen LogP contribution in [0.5, 0.6) is 0 Å². The molecule has 0 spiro atoms. The number of anilines is 1. The first-order valence-electron chi connectivity index (χ1n) is 6.06. The van der Waals surface area contributed by atoms with E-state index in [0.717, 1.165) is 0 Å². The largest absolute Gasteiger partial charge is 0.464 e. The lowest BCUT2D eigenvalue weighted by Crippen LogP contribution is -2.33. The Morgan fingerprint density at radius 1 is 1.47 bits per heavy atom. The number of ether oxygens (including phenoxy) is 1. The molecule has 0 bridgehead atoms. The summed E-state index contributed by atoms with van der Waals surface area (Å²) >= 11 is 0. The van der Waals surface area contributed by atoms with Gasteiger partial charge in [0.05, 0.1) is 13.4 Å². The minimum Gasteiger partial charge on any atom is -0.464 e. The number of nitrogens with two attached hydrogens (primary N) is 1. The highest BCUT2D eigenvalue weighted by atomic mass is 16.5. The average molecular weight is 268 g/mol. The number of nitrogen functional groups attached to an aromatic ring is 1. The SMILES string of the molecule is COC(=O)c1ncn(C(C)C(=O)NCC(C)C)c1N. The molecule has 19 heavy (non-hydrogen) atoms. The van der Waals surface area contributed by atoms with Crippen molar-refractivity contribution < 1.29 is 14.3 Å². The highest BCUT2D eigenvalue weighted by Gasteiger charge is 2.22. The Kier molecular flexibility index (Phi) is 4.91. The van der Waals surface area contributed by atoms with Crippen molar-refractivity contribution in [1.29, 1.82) is 0 Å². The van der Waals surface area contributed by atoms with E-state index in [1.54, 1.807) is 6.92 Å². The third-order valence-corrected chi connectivity index (χ3v) is 2.69. The van der Waals surface area contributed by atoms with Gasteiger partial charge < -0.3 is 20.4 Å². The highest BCUT2D eigenvalue weighted by Crippen LogP contribution is 2.17. The summed E-state index contributed by atoms with van der Waals surface area (Å²) in [7, 11) is 1.25. The van der Waals surface area contributed by atoms with Crippen molar-refractivity contribution in [3.05, 3.63) is 12.0 Å². The minimum atomic E-state index is -0.619. The molecule has 106 valence electrons. The number of amides is 1. The van der Waals surface area contributed by atoms with E-state index < -0.39 is 12.0 Å². The summed E-state index contributed by atoms with van der Waals surface area (Å²) in [6.07, 6.45) is 1.36. The molecule has 0 radical (unpaired) electrons. The van der Waals surface area contributed by atoms with Gasteiger partial charge in [0.2, 0.25) is 5.91 Å². The number of aromatic nitrogens is 2. The van der Waals surface area contributed by atoms with Crippen LogP contribution in [0.4, 0.5) is 5.82 Å². The number of rotatable bonds is 5. The van der Waals surface area contributed by atoms with Crippen molar-refractivity contribution in [1.82, 2.24) is 14.9 Å². The number of imidazole rings is 1. The van der Waals surface area contributed by atoms with Gasteiger partial charge in [-0.05, 0) is 12.8 Å². The Morgan fingerprint density at radius 3 is 2.63 bits per heavy atom. The van der Waals surface area contributed by atoms with E-state index in [2.05, 4.69) is 15.0 Å². The van der Waals surface area contributed by atoms with Crippen molar-refractivity contribution in [3.8, 4) is 0 Å². The number of carbonyl (C=O) groups excluding carboxylic acids is 2. The third-order valence-electron chi connectivity index (χ3n) is 2.69. The molecule has 7 heteroatoms. The van der Waals surface area contributed by atoms with Crippen LogP contribution in [0.1, 0.15) is 37.3 Å². The number of methoxy groups -OCH3 is 1. The Morgan fingerprint density at radius 2 is 2.11 bits per heavy atom. The summed E-state index contributed by atoms with van der Waals surface area (Å²) in [5.41, 5.74) is 5.81. The topological polar surface area (TPSA) is 99.2 Å². The molecule has 0 aromatic carbocycles. The van der Waals surface area contributed by atoms with Gasteiger partial charge in [0.15, 0.2) is 5.69 Å². The fraction of sp³-hybridized carbons (Fsp3) is 0.583. The van der Waals surface area contributed by atoms with Crippen LogP contribution in [0.2, 0.25) is 0 Å². The number of esters is 1. The molecule has 1 amide bonds. The lowest BCUT2D eigenvalue weighted by molar-refractivity contribution is -0.124. The van der Waals surface area contributed by atoms with E-state index in [-0.39, 0.29) is 17.4 Å². The van der Waals surface area contributed by atoms with E-state index in [1.165, 1.54) is 18.0 Å². The van der Waals surface area contributed by atoms with Gasteiger partial charge in [-0.25, -0.2) is 9.78 Å². The van der Waals surface area contributed by atoms with Crippen molar-refractivity contribution in [3.63, 3.8) is 0 Å². The molecule has 0 saturated heterocycles. The molecule has 1 rings (SSSR count). The van der Waals surface area contributed by atoms with Crippen LogP contribution in [-0.2, 0) is 9.53 Å². The molecule has 1 heterocycles. The number of hydrogen-bond donors (Lipinski definition) is 2. The summed E-state index contributed by atoms with van der Waals surface area (Å²) in [4.78, 5) is 27.2. The van der Waals surface area contributed by atoms with E-state index in [0.29, 0.717) is 12.5 Å². The maximum Gasteiger partial charge on any atom is 0.360 e. The van der Waals surface area contributed by atoms with Crippen LogP contribution in [0.3, 0.4) is 0 Å². The van der Waals surface area contributed by atoms with Gasteiger partial charge in [-0.3, -0.25) is 4.79 Å². The zero-order valence-electron chi connectivity index (χ0n) is 11.6. The second kappa shape index (κ2) is 6.21. The molecule has 1 aromatic heterocycles. The van der Waals surface area contributed by atoms with Crippen LogP contribution in [0, 0.1) is 5.92 Å². The zero-order chi connectivity index (χ0) is 14.6. The van der Waals surface area contributed by atoms with Crippen LogP contribution >= 0.6 is 0 Å². The molecular formula is C12H20N4O3. The van der Waals surface area contributed by atoms with Crippen LogP contribution in [0.25, 0.3) is 0 Å².